The van der Waals surface area contributed by atoms with Gasteiger partial charge in [0.1, 0.15) is 11.6 Å². The van der Waals surface area contributed by atoms with E-state index < -0.39 is 0 Å². The van der Waals surface area contributed by atoms with Crippen LogP contribution >= 0.6 is 11.3 Å². The summed E-state index contributed by atoms with van der Waals surface area (Å²) in [4.78, 5) is 16.9. The third kappa shape index (κ3) is 4.12. The lowest BCUT2D eigenvalue weighted by molar-refractivity contribution is -0.144. The van der Waals surface area contributed by atoms with Gasteiger partial charge in [-0.25, -0.2) is 4.98 Å². The minimum Gasteiger partial charge on any atom is -0.459 e. The quantitative estimate of drug-likeness (QED) is 0.392. The van der Waals surface area contributed by atoms with Crippen LogP contribution in [0.5, 0.6) is 0 Å². The Morgan fingerprint density at radius 2 is 1.79 bits per heavy atom. The highest BCUT2D eigenvalue weighted by molar-refractivity contribution is 7.13. The van der Waals surface area contributed by atoms with E-state index in [1.54, 1.807) is 11.3 Å². The van der Waals surface area contributed by atoms with Crippen molar-refractivity contribution in [3.05, 3.63) is 88.9 Å². The molecule has 4 heteroatoms. The van der Waals surface area contributed by atoms with E-state index in [4.69, 9.17) is 4.74 Å². The normalized spacial score (nSPS) is 10.9. The summed E-state index contributed by atoms with van der Waals surface area (Å²) in [7, 11) is 0. The molecule has 0 spiro atoms. The second-order valence-corrected chi connectivity index (χ2v) is 7.53. The van der Waals surface area contributed by atoms with Crippen LogP contribution < -0.4 is 0 Å². The molecule has 0 atom stereocenters. The maximum Gasteiger partial charge on any atom is 0.310 e. The Kier molecular flexibility index (Phi) is 5.49. The van der Waals surface area contributed by atoms with E-state index in [0.29, 0.717) is 0 Å². The fourth-order valence-electron chi connectivity index (χ4n) is 3.20. The van der Waals surface area contributed by atoms with Crippen LogP contribution in [0.1, 0.15) is 23.7 Å². The summed E-state index contributed by atoms with van der Waals surface area (Å²) >= 11 is 1.57. The van der Waals surface area contributed by atoms with Crippen LogP contribution in [0.3, 0.4) is 0 Å². The molecule has 0 saturated carbocycles. The van der Waals surface area contributed by atoms with Crippen molar-refractivity contribution in [2.75, 3.05) is 0 Å². The summed E-state index contributed by atoms with van der Waals surface area (Å²) in [5.41, 5.74) is 4.17. The van der Waals surface area contributed by atoms with Gasteiger partial charge in [-0.05, 0) is 28.3 Å². The van der Waals surface area contributed by atoms with Gasteiger partial charge in [0.15, 0.2) is 0 Å². The van der Waals surface area contributed by atoms with Crippen molar-refractivity contribution in [1.29, 1.82) is 0 Å². The minimum absolute atomic E-state index is 0.202. The molecule has 28 heavy (non-hydrogen) atoms. The number of carbonyl (C=O) groups is 1. The van der Waals surface area contributed by atoms with Gasteiger partial charge in [-0.1, -0.05) is 73.7 Å². The maximum atomic E-state index is 12.3. The van der Waals surface area contributed by atoms with E-state index >= 15 is 0 Å². The Bertz CT molecular complexity index is 1090. The van der Waals surface area contributed by atoms with E-state index in [0.717, 1.165) is 39.0 Å². The van der Waals surface area contributed by atoms with Crippen LogP contribution in [0.25, 0.3) is 21.3 Å². The third-order valence-electron chi connectivity index (χ3n) is 4.76. The van der Waals surface area contributed by atoms with Gasteiger partial charge in [0.05, 0.1) is 12.1 Å². The molecule has 0 N–H and O–H groups in total. The molecule has 0 aliphatic carbocycles. The first-order chi connectivity index (χ1) is 13.7. The predicted octanol–water partition coefficient (Wildman–Crippen LogP) is 5.81. The molecule has 0 bridgehead atoms. The van der Waals surface area contributed by atoms with Crippen LogP contribution in [0, 0.1) is 0 Å². The Labute approximate surface area is 168 Å². The highest BCUT2D eigenvalue weighted by atomic mass is 32.1. The Morgan fingerprint density at radius 1 is 1.00 bits per heavy atom. The van der Waals surface area contributed by atoms with Crippen molar-refractivity contribution in [1.82, 2.24) is 4.98 Å². The number of fused-ring (bicyclic) bond motifs is 1. The molecule has 140 valence electrons. The Hall–Kier alpha value is -2.98. The number of rotatable bonds is 6. The number of carbonyl (C=O) groups excluding carboxylic acids is 1. The molecule has 0 saturated heterocycles. The van der Waals surface area contributed by atoms with Gasteiger partial charge in [-0.15, -0.1) is 11.3 Å². The zero-order valence-electron chi connectivity index (χ0n) is 15.7. The average Bonchev–Trinajstić information content (AvgIpc) is 3.22. The van der Waals surface area contributed by atoms with E-state index in [1.165, 1.54) is 5.56 Å². The average molecular weight is 388 g/mol. The topological polar surface area (TPSA) is 39.2 Å². The molecule has 0 unspecified atom stereocenters. The molecule has 0 aliphatic rings. The highest BCUT2D eigenvalue weighted by Gasteiger charge is 2.10. The molecule has 0 amide bonds. The summed E-state index contributed by atoms with van der Waals surface area (Å²) in [6.45, 7) is 2.34. The van der Waals surface area contributed by atoms with Crippen molar-refractivity contribution < 1.29 is 9.53 Å². The van der Waals surface area contributed by atoms with Crippen molar-refractivity contribution in [2.45, 2.75) is 26.4 Å². The summed E-state index contributed by atoms with van der Waals surface area (Å²) in [6, 6.07) is 22.5. The molecule has 1 aromatic heterocycles. The molecule has 0 fully saturated rings. The molecule has 3 nitrogen and oxygen atoms in total. The number of benzene rings is 3. The summed E-state index contributed by atoms with van der Waals surface area (Å²) in [5.74, 6) is -0.238. The number of thiazole rings is 1. The summed E-state index contributed by atoms with van der Waals surface area (Å²) in [6.07, 6.45) is 1.28. The first-order valence-corrected chi connectivity index (χ1v) is 10.3. The third-order valence-corrected chi connectivity index (χ3v) is 5.70. The van der Waals surface area contributed by atoms with Gasteiger partial charge in [-0.2, -0.15) is 0 Å². The van der Waals surface area contributed by atoms with Crippen molar-refractivity contribution >= 4 is 28.1 Å². The molecule has 3 aromatic carbocycles. The number of nitrogens with zero attached hydrogens (tertiary/aromatic N) is 1. The maximum absolute atomic E-state index is 12.3. The smallest absolute Gasteiger partial charge is 0.310 e. The van der Waals surface area contributed by atoms with E-state index in [2.05, 4.69) is 36.2 Å². The van der Waals surface area contributed by atoms with Crippen LogP contribution in [-0.2, 0) is 29.0 Å². The largest absolute Gasteiger partial charge is 0.459 e. The van der Waals surface area contributed by atoms with Gasteiger partial charge in [0.2, 0.25) is 0 Å². The Balaban J connectivity index is 1.39. The van der Waals surface area contributed by atoms with Crippen LogP contribution in [0.4, 0.5) is 0 Å². The standard InChI is InChI=1S/C24H21NO2S/c1-2-17-10-12-19(13-11-17)24-25-21(16-28-24)15-27-23(26)14-20-8-5-7-18-6-3-4-9-22(18)20/h3-13,16H,2,14-15H2,1H3. The van der Waals surface area contributed by atoms with E-state index in [1.807, 2.05) is 47.8 Å². The van der Waals surface area contributed by atoms with Gasteiger partial charge in [0, 0.05) is 10.9 Å². The number of aromatic nitrogens is 1. The lowest BCUT2D eigenvalue weighted by Gasteiger charge is -2.06. The second kappa shape index (κ2) is 8.36. The highest BCUT2D eigenvalue weighted by Crippen LogP contribution is 2.25. The molecule has 0 aliphatic heterocycles. The van der Waals surface area contributed by atoms with Crippen LogP contribution in [0.15, 0.2) is 72.1 Å². The fraction of sp³-hybridized carbons (Fsp3) is 0.167. The lowest BCUT2D eigenvalue weighted by atomic mass is 10.0. The van der Waals surface area contributed by atoms with Crippen molar-refractivity contribution in [3.63, 3.8) is 0 Å². The SMILES string of the molecule is CCc1ccc(-c2nc(COC(=O)Cc3cccc4ccccc34)cs2)cc1. The molecule has 1 heterocycles. The number of hydrogen-bond acceptors (Lipinski definition) is 4. The Morgan fingerprint density at radius 3 is 2.61 bits per heavy atom. The number of esters is 1. The molecule has 4 aromatic rings. The fourth-order valence-corrected chi connectivity index (χ4v) is 4.01. The molecule has 0 radical (unpaired) electrons. The number of hydrogen-bond donors (Lipinski definition) is 0. The predicted molar refractivity (Wildman–Crippen MR) is 114 cm³/mol. The summed E-state index contributed by atoms with van der Waals surface area (Å²) in [5, 5.41) is 5.12. The van der Waals surface area contributed by atoms with Crippen LogP contribution in [0.2, 0.25) is 0 Å². The monoisotopic (exact) mass is 387 g/mol. The zero-order chi connectivity index (χ0) is 19.3. The first-order valence-electron chi connectivity index (χ1n) is 9.39. The van der Waals surface area contributed by atoms with E-state index in [9.17, 15) is 4.79 Å². The lowest BCUT2D eigenvalue weighted by Crippen LogP contribution is -2.08. The minimum atomic E-state index is -0.238. The second-order valence-electron chi connectivity index (χ2n) is 6.67. The van der Waals surface area contributed by atoms with Crippen molar-refractivity contribution in [3.8, 4) is 10.6 Å². The van der Waals surface area contributed by atoms with Crippen molar-refractivity contribution in [2.24, 2.45) is 0 Å². The van der Waals surface area contributed by atoms with Gasteiger partial charge in [0.25, 0.3) is 0 Å². The number of aryl methyl sites for hydroxylation is 1. The first kappa shape index (κ1) is 18.4. The van der Waals surface area contributed by atoms with Gasteiger partial charge < -0.3 is 4.74 Å². The molecule has 4 rings (SSSR count). The van der Waals surface area contributed by atoms with Crippen LogP contribution in [-0.4, -0.2) is 11.0 Å². The molecular formula is C24H21NO2S. The van der Waals surface area contributed by atoms with Gasteiger partial charge >= 0.3 is 5.97 Å². The van der Waals surface area contributed by atoms with E-state index in [-0.39, 0.29) is 19.0 Å². The summed E-state index contributed by atoms with van der Waals surface area (Å²) < 4.78 is 5.47. The number of ether oxygens (including phenoxy) is 1. The zero-order valence-corrected chi connectivity index (χ0v) is 16.5. The van der Waals surface area contributed by atoms with Gasteiger partial charge in [-0.3, -0.25) is 4.79 Å². The molecular weight excluding hydrogens is 366 g/mol.